The van der Waals surface area contributed by atoms with E-state index >= 15 is 0 Å². The third-order valence-electron chi connectivity index (χ3n) is 3.63. The molecule has 0 aromatic heterocycles. The first kappa shape index (κ1) is 17.4. The first-order chi connectivity index (χ1) is 10.9. The molecule has 0 radical (unpaired) electrons. The van der Waals surface area contributed by atoms with Crippen molar-refractivity contribution >= 4 is 29.1 Å². The summed E-state index contributed by atoms with van der Waals surface area (Å²) in [6.07, 6.45) is 0.553. The second-order valence-corrected chi connectivity index (χ2v) is 6.20. The Balaban J connectivity index is 2.05. The summed E-state index contributed by atoms with van der Waals surface area (Å²) in [5.41, 5.74) is 0.466. The molecule has 7 heteroatoms. The molecule has 0 spiro atoms. The van der Waals surface area contributed by atoms with Crippen LogP contribution in [0.25, 0.3) is 0 Å². The summed E-state index contributed by atoms with van der Waals surface area (Å²) in [5.74, 6) is -0.00394. The van der Waals surface area contributed by atoms with Gasteiger partial charge in [-0.25, -0.2) is 0 Å². The van der Waals surface area contributed by atoms with Gasteiger partial charge in [0.2, 0.25) is 11.8 Å². The van der Waals surface area contributed by atoms with Gasteiger partial charge in [0.1, 0.15) is 11.5 Å². The number of carbonyl (C=O) groups is 2. The number of hydrogen-bond donors (Lipinski definition) is 2. The number of methoxy groups -OCH3 is 2. The van der Waals surface area contributed by atoms with Gasteiger partial charge in [0.25, 0.3) is 0 Å². The third-order valence-corrected chi connectivity index (χ3v) is 3.92. The average molecular weight is 341 g/mol. The van der Waals surface area contributed by atoms with Gasteiger partial charge in [-0.3, -0.25) is 9.59 Å². The van der Waals surface area contributed by atoms with Crippen LogP contribution in [-0.2, 0) is 9.59 Å². The maximum atomic E-state index is 12.3. The highest BCUT2D eigenvalue weighted by Crippen LogP contribution is 2.41. The standard InChI is InChI=1S/C16H21ClN2O4/c1-8(2)18-15(20)9-5-10(9)16(21)19-12-7-13(22-3)11(17)6-14(12)23-4/h6-10H,5H2,1-4H3,(H,18,20)(H,19,21). The van der Waals surface area contributed by atoms with Gasteiger partial charge in [-0.15, -0.1) is 0 Å². The van der Waals surface area contributed by atoms with Gasteiger partial charge < -0.3 is 20.1 Å². The number of rotatable bonds is 6. The Labute approximate surface area is 140 Å². The topological polar surface area (TPSA) is 76.7 Å². The Morgan fingerprint density at radius 1 is 1.13 bits per heavy atom. The summed E-state index contributed by atoms with van der Waals surface area (Å²) in [5, 5.41) is 5.99. The number of carbonyl (C=O) groups excluding carboxylic acids is 2. The minimum absolute atomic E-state index is 0.0624. The van der Waals surface area contributed by atoms with Crippen LogP contribution in [0.4, 0.5) is 5.69 Å². The van der Waals surface area contributed by atoms with E-state index in [-0.39, 0.29) is 29.7 Å². The van der Waals surface area contributed by atoms with Crippen LogP contribution in [0.2, 0.25) is 5.02 Å². The molecular formula is C16H21ClN2O4. The van der Waals surface area contributed by atoms with Gasteiger partial charge in [-0.1, -0.05) is 11.6 Å². The molecule has 2 amide bonds. The van der Waals surface area contributed by atoms with E-state index in [4.69, 9.17) is 21.1 Å². The summed E-state index contributed by atoms with van der Waals surface area (Å²) in [6.45, 7) is 3.78. The van der Waals surface area contributed by atoms with Crippen molar-refractivity contribution in [2.45, 2.75) is 26.3 Å². The monoisotopic (exact) mass is 340 g/mol. The molecule has 1 saturated carbocycles. The molecule has 1 aliphatic carbocycles. The van der Waals surface area contributed by atoms with Crippen LogP contribution in [0.5, 0.6) is 11.5 Å². The van der Waals surface area contributed by atoms with E-state index in [1.165, 1.54) is 14.2 Å². The van der Waals surface area contributed by atoms with E-state index < -0.39 is 0 Å². The number of amides is 2. The second-order valence-electron chi connectivity index (χ2n) is 5.79. The molecule has 1 aliphatic rings. The summed E-state index contributed by atoms with van der Waals surface area (Å²) in [6, 6.07) is 3.24. The van der Waals surface area contributed by atoms with E-state index in [1.807, 2.05) is 13.8 Å². The molecule has 0 aliphatic heterocycles. The Bertz CT molecular complexity index is 618. The summed E-state index contributed by atoms with van der Waals surface area (Å²) < 4.78 is 10.4. The third kappa shape index (κ3) is 4.07. The van der Waals surface area contributed by atoms with Crippen molar-refractivity contribution in [3.8, 4) is 11.5 Å². The van der Waals surface area contributed by atoms with E-state index in [9.17, 15) is 9.59 Å². The molecule has 1 fully saturated rings. The lowest BCUT2D eigenvalue weighted by Crippen LogP contribution is -2.32. The van der Waals surface area contributed by atoms with Crippen molar-refractivity contribution in [1.29, 1.82) is 0 Å². The Morgan fingerprint density at radius 2 is 1.74 bits per heavy atom. The molecule has 1 aromatic carbocycles. The molecule has 0 heterocycles. The number of ether oxygens (including phenoxy) is 2. The van der Waals surface area contributed by atoms with Gasteiger partial charge in [0, 0.05) is 18.2 Å². The second kappa shape index (κ2) is 7.08. The van der Waals surface area contributed by atoms with E-state index in [2.05, 4.69) is 10.6 Å². The number of halogens is 1. The molecule has 6 nitrogen and oxygen atoms in total. The van der Waals surface area contributed by atoms with Crippen molar-refractivity contribution < 1.29 is 19.1 Å². The van der Waals surface area contributed by atoms with Gasteiger partial charge in [-0.2, -0.15) is 0 Å². The number of nitrogens with one attached hydrogen (secondary N) is 2. The minimum atomic E-state index is -0.319. The highest BCUT2D eigenvalue weighted by molar-refractivity contribution is 6.32. The van der Waals surface area contributed by atoms with Crippen LogP contribution in [0.15, 0.2) is 12.1 Å². The quantitative estimate of drug-likeness (QED) is 0.834. The predicted molar refractivity (Wildman–Crippen MR) is 88.1 cm³/mol. The zero-order valence-corrected chi connectivity index (χ0v) is 14.4. The zero-order valence-electron chi connectivity index (χ0n) is 13.6. The predicted octanol–water partition coefficient (Wildman–Crippen LogP) is 2.46. The molecule has 2 atom stereocenters. The first-order valence-corrected chi connectivity index (χ1v) is 7.78. The van der Waals surface area contributed by atoms with E-state index in [0.29, 0.717) is 28.6 Å². The maximum Gasteiger partial charge on any atom is 0.228 e. The maximum absolute atomic E-state index is 12.3. The molecular weight excluding hydrogens is 320 g/mol. The molecule has 23 heavy (non-hydrogen) atoms. The van der Waals surface area contributed by atoms with Crippen LogP contribution in [0, 0.1) is 11.8 Å². The van der Waals surface area contributed by atoms with E-state index in [0.717, 1.165) is 0 Å². The molecule has 0 saturated heterocycles. The lowest BCUT2D eigenvalue weighted by molar-refractivity contribution is -0.125. The minimum Gasteiger partial charge on any atom is -0.495 e. The number of hydrogen-bond acceptors (Lipinski definition) is 4. The lowest BCUT2D eigenvalue weighted by Gasteiger charge is -2.13. The Kier molecular flexibility index (Phi) is 5.36. The highest BCUT2D eigenvalue weighted by atomic mass is 35.5. The molecule has 2 N–H and O–H groups in total. The molecule has 0 bridgehead atoms. The highest BCUT2D eigenvalue weighted by Gasteiger charge is 2.48. The van der Waals surface area contributed by atoms with E-state index in [1.54, 1.807) is 12.1 Å². The van der Waals surface area contributed by atoms with Crippen LogP contribution in [0.1, 0.15) is 20.3 Å². The van der Waals surface area contributed by atoms with Crippen molar-refractivity contribution in [3.05, 3.63) is 17.2 Å². The van der Waals surface area contributed by atoms with Crippen molar-refractivity contribution in [2.75, 3.05) is 19.5 Å². The number of anilines is 1. The van der Waals surface area contributed by atoms with Gasteiger partial charge in [0.05, 0.1) is 36.8 Å². The van der Waals surface area contributed by atoms with Gasteiger partial charge in [-0.05, 0) is 20.3 Å². The van der Waals surface area contributed by atoms with Crippen molar-refractivity contribution in [2.24, 2.45) is 11.8 Å². The summed E-state index contributed by atoms with van der Waals surface area (Å²) >= 11 is 6.03. The zero-order chi connectivity index (χ0) is 17.1. The van der Waals surface area contributed by atoms with Crippen LogP contribution >= 0.6 is 11.6 Å². The van der Waals surface area contributed by atoms with Gasteiger partial charge in [0.15, 0.2) is 0 Å². The van der Waals surface area contributed by atoms with Crippen LogP contribution < -0.4 is 20.1 Å². The fraction of sp³-hybridized carbons (Fsp3) is 0.500. The average Bonchev–Trinajstić information content (AvgIpc) is 3.28. The summed E-state index contributed by atoms with van der Waals surface area (Å²) in [4.78, 5) is 24.2. The lowest BCUT2D eigenvalue weighted by atomic mass is 10.2. The number of benzene rings is 1. The molecule has 126 valence electrons. The SMILES string of the molecule is COc1cc(NC(=O)C2CC2C(=O)NC(C)C)c(OC)cc1Cl. The normalized spacial score (nSPS) is 19.2. The fourth-order valence-electron chi connectivity index (χ4n) is 2.35. The Hall–Kier alpha value is -1.95. The first-order valence-electron chi connectivity index (χ1n) is 7.40. The fourth-order valence-corrected chi connectivity index (χ4v) is 2.58. The molecule has 1 aromatic rings. The van der Waals surface area contributed by atoms with Crippen molar-refractivity contribution in [3.63, 3.8) is 0 Å². The smallest absolute Gasteiger partial charge is 0.228 e. The summed E-state index contributed by atoms with van der Waals surface area (Å²) in [7, 11) is 2.98. The largest absolute Gasteiger partial charge is 0.495 e. The Morgan fingerprint density at radius 3 is 2.30 bits per heavy atom. The molecule has 2 rings (SSSR count). The van der Waals surface area contributed by atoms with Crippen molar-refractivity contribution in [1.82, 2.24) is 5.32 Å². The molecule has 2 unspecified atom stereocenters. The van der Waals surface area contributed by atoms with Crippen LogP contribution in [-0.4, -0.2) is 32.1 Å². The van der Waals surface area contributed by atoms with Crippen LogP contribution in [0.3, 0.4) is 0 Å². The van der Waals surface area contributed by atoms with Gasteiger partial charge >= 0.3 is 0 Å².